The van der Waals surface area contributed by atoms with Gasteiger partial charge in [0.2, 0.25) is 5.91 Å². The van der Waals surface area contributed by atoms with E-state index >= 15 is 0 Å². The quantitative estimate of drug-likeness (QED) is 0.666. The molecular weight excluding hydrogens is 433 g/mol. The second kappa shape index (κ2) is 11.7. The number of amides is 1. The Kier molecular flexibility index (Phi) is 9.94. The molecule has 31 heavy (non-hydrogen) atoms. The second-order valence-electron chi connectivity index (χ2n) is 9.34. The fourth-order valence-electron chi connectivity index (χ4n) is 5.95. The molecular formula is C24H39Cl2N3O2. The van der Waals surface area contributed by atoms with Crippen molar-refractivity contribution >= 4 is 30.7 Å². The van der Waals surface area contributed by atoms with Crippen LogP contribution in [0.3, 0.4) is 0 Å². The normalized spacial score (nSPS) is 28.5. The summed E-state index contributed by atoms with van der Waals surface area (Å²) in [4.78, 5) is 17.8. The standard InChI is InChI=1S/C24H37N3O2.2ClH/c1-3-4-6-21(25)24(28)26-14-17-13-19(16-26)23-8-5-7-22(27(23)15-17)18-9-11-20(29-2)12-10-18;;/h9-12,17,19,21-23H,3-8,13-16,25H2,1-2H3;2*1H/t17-,19+,21-,22+,23-;;/m0../s1. The predicted molar refractivity (Wildman–Crippen MR) is 130 cm³/mol. The van der Waals surface area contributed by atoms with Crippen LogP contribution in [0.15, 0.2) is 24.3 Å². The van der Waals surface area contributed by atoms with Crippen molar-refractivity contribution in [3.8, 4) is 5.75 Å². The van der Waals surface area contributed by atoms with Gasteiger partial charge in [-0.05, 0) is 61.6 Å². The Balaban J connectivity index is 0.00000171. The molecule has 3 aliphatic rings. The van der Waals surface area contributed by atoms with Crippen molar-refractivity contribution in [2.24, 2.45) is 17.6 Å². The number of carbonyl (C=O) groups is 1. The van der Waals surface area contributed by atoms with Crippen LogP contribution in [0.4, 0.5) is 0 Å². The zero-order valence-corrected chi connectivity index (χ0v) is 20.5. The first-order chi connectivity index (χ1) is 14.1. The fourth-order valence-corrected chi connectivity index (χ4v) is 5.95. The number of nitrogens with two attached hydrogens (primary N) is 1. The maximum absolute atomic E-state index is 12.9. The minimum absolute atomic E-state index is 0. The molecule has 7 heteroatoms. The highest BCUT2D eigenvalue weighted by Crippen LogP contribution is 2.44. The monoisotopic (exact) mass is 471 g/mol. The van der Waals surface area contributed by atoms with E-state index in [1.165, 1.54) is 31.2 Å². The molecule has 0 unspecified atom stereocenters. The number of unbranched alkanes of at least 4 members (excludes halogenated alkanes) is 1. The van der Waals surface area contributed by atoms with Crippen molar-refractivity contribution in [2.75, 3.05) is 26.7 Å². The van der Waals surface area contributed by atoms with Crippen LogP contribution in [0.2, 0.25) is 0 Å². The molecule has 3 aliphatic heterocycles. The molecule has 3 fully saturated rings. The van der Waals surface area contributed by atoms with Crippen LogP contribution in [0.25, 0.3) is 0 Å². The minimum Gasteiger partial charge on any atom is -0.497 e. The number of carbonyl (C=O) groups excluding carboxylic acids is 1. The van der Waals surface area contributed by atoms with Gasteiger partial charge in [0.1, 0.15) is 5.75 Å². The molecule has 1 amide bonds. The van der Waals surface area contributed by atoms with Gasteiger partial charge in [-0.1, -0.05) is 31.9 Å². The van der Waals surface area contributed by atoms with E-state index in [2.05, 4.69) is 41.0 Å². The Labute approximate surface area is 199 Å². The molecule has 5 atom stereocenters. The van der Waals surface area contributed by atoms with Gasteiger partial charge in [0.05, 0.1) is 13.2 Å². The summed E-state index contributed by atoms with van der Waals surface area (Å²) in [5.41, 5.74) is 7.63. The molecule has 1 aromatic rings. The molecule has 5 nitrogen and oxygen atoms in total. The highest BCUT2D eigenvalue weighted by atomic mass is 35.5. The van der Waals surface area contributed by atoms with Crippen molar-refractivity contribution in [1.82, 2.24) is 9.80 Å². The Hall–Kier alpha value is -1.01. The number of ether oxygens (including phenoxy) is 1. The number of likely N-dealkylation sites (tertiary alicyclic amines) is 1. The second-order valence-corrected chi connectivity index (χ2v) is 9.34. The number of methoxy groups -OCH3 is 1. The van der Waals surface area contributed by atoms with Crippen LogP contribution in [0.5, 0.6) is 5.75 Å². The van der Waals surface area contributed by atoms with E-state index in [4.69, 9.17) is 10.5 Å². The molecule has 1 aromatic carbocycles. The number of nitrogens with zero attached hydrogens (tertiary/aromatic N) is 2. The average Bonchev–Trinajstić information content (AvgIpc) is 2.76. The van der Waals surface area contributed by atoms with Crippen molar-refractivity contribution in [2.45, 2.75) is 70.0 Å². The van der Waals surface area contributed by atoms with E-state index in [9.17, 15) is 4.79 Å². The van der Waals surface area contributed by atoms with Gasteiger partial charge in [-0.2, -0.15) is 0 Å². The van der Waals surface area contributed by atoms with Crippen molar-refractivity contribution in [1.29, 1.82) is 0 Å². The van der Waals surface area contributed by atoms with Gasteiger partial charge in [-0.3, -0.25) is 9.69 Å². The van der Waals surface area contributed by atoms with Gasteiger partial charge in [0.15, 0.2) is 0 Å². The summed E-state index contributed by atoms with van der Waals surface area (Å²) < 4.78 is 5.34. The first kappa shape index (κ1) is 26.2. The lowest BCUT2D eigenvalue weighted by atomic mass is 9.73. The highest BCUT2D eigenvalue weighted by molar-refractivity contribution is 5.85. The minimum atomic E-state index is -0.316. The summed E-state index contributed by atoms with van der Waals surface area (Å²) in [5.74, 6) is 2.27. The first-order valence-electron chi connectivity index (χ1n) is 11.5. The number of rotatable bonds is 6. The van der Waals surface area contributed by atoms with Gasteiger partial charge < -0.3 is 15.4 Å². The van der Waals surface area contributed by atoms with Gasteiger partial charge >= 0.3 is 0 Å². The number of hydrogen-bond acceptors (Lipinski definition) is 4. The fraction of sp³-hybridized carbons (Fsp3) is 0.708. The first-order valence-corrected chi connectivity index (χ1v) is 11.5. The van der Waals surface area contributed by atoms with Crippen LogP contribution in [0.1, 0.15) is 63.5 Å². The van der Waals surface area contributed by atoms with Crippen LogP contribution in [0, 0.1) is 11.8 Å². The molecule has 3 heterocycles. The molecule has 4 rings (SSSR count). The molecule has 0 saturated carbocycles. The highest BCUT2D eigenvalue weighted by Gasteiger charge is 2.46. The summed E-state index contributed by atoms with van der Waals surface area (Å²) in [6, 6.07) is 9.42. The lowest BCUT2D eigenvalue weighted by Gasteiger charge is -2.55. The van der Waals surface area contributed by atoms with Gasteiger partial charge in [-0.15, -0.1) is 24.8 Å². The number of hydrogen-bond donors (Lipinski definition) is 1. The smallest absolute Gasteiger partial charge is 0.239 e. The Morgan fingerprint density at radius 2 is 1.90 bits per heavy atom. The van der Waals surface area contributed by atoms with E-state index in [1.54, 1.807) is 7.11 Å². The van der Waals surface area contributed by atoms with E-state index in [1.807, 2.05) is 0 Å². The third-order valence-corrected chi connectivity index (χ3v) is 7.38. The SMILES string of the molecule is CCCC[C@H](N)C(=O)N1C[C@@H]2C[C@H](C1)[C@@H]1CCC[C@H](c3ccc(OC)cc3)N1C2.Cl.Cl. The summed E-state index contributed by atoms with van der Waals surface area (Å²) in [6.45, 7) is 5.03. The van der Waals surface area contributed by atoms with E-state index in [-0.39, 0.29) is 36.8 Å². The molecule has 0 aliphatic carbocycles. The predicted octanol–water partition coefficient (Wildman–Crippen LogP) is 4.43. The summed E-state index contributed by atoms with van der Waals surface area (Å²) in [7, 11) is 1.72. The van der Waals surface area contributed by atoms with E-state index in [0.29, 0.717) is 23.9 Å². The molecule has 2 bridgehead atoms. The van der Waals surface area contributed by atoms with E-state index in [0.717, 1.165) is 44.6 Å². The van der Waals surface area contributed by atoms with Crippen LogP contribution in [-0.4, -0.2) is 54.5 Å². The van der Waals surface area contributed by atoms with Crippen molar-refractivity contribution < 1.29 is 9.53 Å². The van der Waals surface area contributed by atoms with Gasteiger partial charge in [0, 0.05) is 31.7 Å². The van der Waals surface area contributed by atoms with E-state index < -0.39 is 0 Å². The van der Waals surface area contributed by atoms with Gasteiger partial charge in [0.25, 0.3) is 0 Å². The third kappa shape index (κ3) is 5.68. The van der Waals surface area contributed by atoms with Crippen LogP contribution >= 0.6 is 24.8 Å². The number of halogens is 2. The largest absolute Gasteiger partial charge is 0.497 e. The van der Waals surface area contributed by atoms with Crippen LogP contribution < -0.4 is 10.5 Å². The molecule has 0 aromatic heterocycles. The Morgan fingerprint density at radius 3 is 2.58 bits per heavy atom. The van der Waals surface area contributed by atoms with Crippen molar-refractivity contribution in [3.05, 3.63) is 29.8 Å². The number of benzene rings is 1. The number of fused-ring (bicyclic) bond motifs is 4. The summed E-state index contributed by atoms with van der Waals surface area (Å²) in [5, 5.41) is 0. The molecule has 0 spiro atoms. The number of piperidine rings is 3. The third-order valence-electron chi connectivity index (χ3n) is 7.38. The van der Waals surface area contributed by atoms with Gasteiger partial charge in [-0.25, -0.2) is 0 Å². The summed E-state index contributed by atoms with van der Waals surface area (Å²) in [6.07, 6.45) is 7.97. The maximum Gasteiger partial charge on any atom is 0.239 e. The molecule has 176 valence electrons. The average molecular weight is 473 g/mol. The Morgan fingerprint density at radius 1 is 1.16 bits per heavy atom. The molecule has 3 saturated heterocycles. The molecule has 2 N–H and O–H groups in total. The summed E-state index contributed by atoms with van der Waals surface area (Å²) >= 11 is 0. The maximum atomic E-state index is 12.9. The topological polar surface area (TPSA) is 58.8 Å². The lowest BCUT2D eigenvalue weighted by molar-refractivity contribution is -0.140. The van der Waals surface area contributed by atoms with Crippen LogP contribution in [-0.2, 0) is 4.79 Å². The molecule has 0 radical (unpaired) electrons. The Bertz CT molecular complexity index is 703. The van der Waals surface area contributed by atoms with Crippen molar-refractivity contribution in [3.63, 3.8) is 0 Å². The zero-order chi connectivity index (χ0) is 20.4. The zero-order valence-electron chi connectivity index (χ0n) is 18.9. The lowest BCUT2D eigenvalue weighted by Crippen LogP contribution is -2.61.